The maximum Gasteiger partial charge on any atom is 0.119 e. The maximum atomic E-state index is 9.79. The molecule has 2 aromatic rings. The van der Waals surface area contributed by atoms with Gasteiger partial charge in [0.05, 0.1) is 12.7 Å². The van der Waals surface area contributed by atoms with E-state index < -0.39 is 6.10 Å². The molecule has 2 heteroatoms. The van der Waals surface area contributed by atoms with Crippen molar-refractivity contribution < 1.29 is 9.84 Å². The topological polar surface area (TPSA) is 29.5 Å². The van der Waals surface area contributed by atoms with Gasteiger partial charge in [0.25, 0.3) is 0 Å². The average molecular weight is 284 g/mol. The number of benzene rings is 2. The van der Waals surface area contributed by atoms with Crippen molar-refractivity contribution in [2.75, 3.05) is 6.61 Å². The number of unbranched alkanes of at least 4 members (excludes halogenated alkanes) is 3. The van der Waals surface area contributed by atoms with Crippen LogP contribution in [0.3, 0.4) is 0 Å². The van der Waals surface area contributed by atoms with E-state index in [1.165, 1.54) is 25.3 Å². The first kappa shape index (κ1) is 15.6. The molecule has 2 aromatic carbocycles. The lowest BCUT2D eigenvalue weighted by molar-refractivity contribution is 0.229. The Kier molecular flexibility index (Phi) is 5.82. The molecule has 1 atom stereocenters. The Labute approximate surface area is 127 Å². The molecule has 0 radical (unpaired) electrons. The van der Waals surface area contributed by atoms with Crippen LogP contribution in [-0.4, -0.2) is 11.7 Å². The smallest absolute Gasteiger partial charge is 0.119 e. The second-order valence-electron chi connectivity index (χ2n) is 5.36. The van der Waals surface area contributed by atoms with Crippen molar-refractivity contribution >= 4 is 10.8 Å². The molecule has 1 N–H and O–H groups in total. The molecule has 0 bridgehead atoms. The largest absolute Gasteiger partial charge is 0.494 e. The highest BCUT2D eigenvalue weighted by molar-refractivity contribution is 5.84. The Bertz CT molecular complexity index is 589. The lowest BCUT2D eigenvalue weighted by atomic mass is 10.0. The Morgan fingerprint density at radius 3 is 2.62 bits per heavy atom. The van der Waals surface area contributed by atoms with E-state index in [4.69, 9.17) is 4.74 Å². The van der Waals surface area contributed by atoms with E-state index >= 15 is 0 Å². The molecule has 0 spiro atoms. The summed E-state index contributed by atoms with van der Waals surface area (Å²) in [5.74, 6) is 0.913. The van der Waals surface area contributed by atoms with Crippen molar-refractivity contribution in [1.29, 1.82) is 0 Å². The Balaban J connectivity index is 2.03. The zero-order valence-corrected chi connectivity index (χ0v) is 12.7. The molecule has 0 aliphatic rings. The molecule has 0 heterocycles. The highest BCUT2D eigenvalue weighted by Gasteiger charge is 2.04. The number of hydrogen-bond donors (Lipinski definition) is 1. The molecule has 0 saturated heterocycles. The summed E-state index contributed by atoms with van der Waals surface area (Å²) in [5.41, 5.74) is 0.866. The van der Waals surface area contributed by atoms with E-state index in [1.54, 1.807) is 0 Å². The van der Waals surface area contributed by atoms with Crippen LogP contribution in [0.1, 0.15) is 44.3 Å². The molecule has 0 saturated carbocycles. The first-order valence-corrected chi connectivity index (χ1v) is 7.71. The van der Waals surface area contributed by atoms with Crippen LogP contribution in [-0.2, 0) is 0 Å². The van der Waals surface area contributed by atoms with Crippen LogP contribution in [0.5, 0.6) is 5.75 Å². The van der Waals surface area contributed by atoms with E-state index in [2.05, 4.69) is 19.6 Å². The third-order valence-corrected chi connectivity index (χ3v) is 3.67. The van der Waals surface area contributed by atoms with Gasteiger partial charge in [0, 0.05) is 0 Å². The van der Waals surface area contributed by atoms with Crippen LogP contribution in [0.2, 0.25) is 0 Å². The number of aliphatic hydroxyl groups excluding tert-OH is 1. The summed E-state index contributed by atoms with van der Waals surface area (Å²) < 4.78 is 5.79. The van der Waals surface area contributed by atoms with Gasteiger partial charge in [-0.1, -0.05) is 50.5 Å². The van der Waals surface area contributed by atoms with Gasteiger partial charge in [0.15, 0.2) is 0 Å². The Hall–Kier alpha value is -1.80. The van der Waals surface area contributed by atoms with E-state index in [0.29, 0.717) is 0 Å². The molecule has 0 aliphatic carbocycles. The normalized spacial score (nSPS) is 12.3. The van der Waals surface area contributed by atoms with Gasteiger partial charge in [-0.05, 0) is 41.0 Å². The fourth-order valence-electron chi connectivity index (χ4n) is 2.37. The van der Waals surface area contributed by atoms with E-state index in [-0.39, 0.29) is 0 Å². The van der Waals surface area contributed by atoms with Gasteiger partial charge in [0.2, 0.25) is 0 Å². The van der Waals surface area contributed by atoms with Gasteiger partial charge in [0.1, 0.15) is 5.75 Å². The average Bonchev–Trinajstić information content (AvgIpc) is 2.53. The molecule has 112 valence electrons. The van der Waals surface area contributed by atoms with Crippen molar-refractivity contribution in [3.8, 4) is 5.75 Å². The molecule has 2 rings (SSSR count). The van der Waals surface area contributed by atoms with Crippen LogP contribution in [0.25, 0.3) is 10.8 Å². The highest BCUT2D eigenvalue weighted by Crippen LogP contribution is 2.25. The van der Waals surface area contributed by atoms with Crippen LogP contribution in [0, 0.1) is 0 Å². The second-order valence-corrected chi connectivity index (χ2v) is 5.36. The highest BCUT2D eigenvalue weighted by atomic mass is 16.5. The van der Waals surface area contributed by atoms with Crippen LogP contribution in [0.15, 0.2) is 49.1 Å². The van der Waals surface area contributed by atoms with Crippen molar-refractivity contribution in [1.82, 2.24) is 0 Å². The first-order chi connectivity index (χ1) is 10.2. The third-order valence-electron chi connectivity index (χ3n) is 3.67. The van der Waals surface area contributed by atoms with Crippen LogP contribution in [0.4, 0.5) is 0 Å². The van der Waals surface area contributed by atoms with Crippen LogP contribution >= 0.6 is 0 Å². The molecule has 1 unspecified atom stereocenters. The van der Waals surface area contributed by atoms with Gasteiger partial charge < -0.3 is 9.84 Å². The zero-order chi connectivity index (χ0) is 15.1. The number of rotatable bonds is 8. The van der Waals surface area contributed by atoms with Crippen molar-refractivity contribution in [3.63, 3.8) is 0 Å². The Morgan fingerprint density at radius 1 is 1.10 bits per heavy atom. The molecule has 0 aliphatic heterocycles. The summed E-state index contributed by atoms with van der Waals surface area (Å²) in [6.07, 6.45) is 5.78. The van der Waals surface area contributed by atoms with Gasteiger partial charge >= 0.3 is 0 Å². The SMILES string of the molecule is C=CC(O)c1ccc2cc(OCCCCCC)ccc2c1. The number of fused-ring (bicyclic) bond motifs is 1. The lowest BCUT2D eigenvalue weighted by Gasteiger charge is -2.09. The monoisotopic (exact) mass is 284 g/mol. The second kappa shape index (κ2) is 7.84. The lowest BCUT2D eigenvalue weighted by Crippen LogP contribution is -1.97. The number of hydrogen-bond acceptors (Lipinski definition) is 2. The molecule has 0 fully saturated rings. The molecule has 2 nitrogen and oxygen atoms in total. The summed E-state index contributed by atoms with van der Waals surface area (Å²) in [6, 6.07) is 12.0. The summed E-state index contributed by atoms with van der Waals surface area (Å²) in [7, 11) is 0. The van der Waals surface area contributed by atoms with Gasteiger partial charge in [-0.15, -0.1) is 6.58 Å². The summed E-state index contributed by atoms with van der Waals surface area (Å²) in [6.45, 7) is 6.60. The molecule has 0 amide bonds. The fourth-order valence-corrected chi connectivity index (χ4v) is 2.37. The molecule has 0 aromatic heterocycles. The predicted molar refractivity (Wildman–Crippen MR) is 88.7 cm³/mol. The molecular formula is C19H24O2. The van der Waals surface area contributed by atoms with Crippen molar-refractivity contribution in [2.24, 2.45) is 0 Å². The van der Waals surface area contributed by atoms with Gasteiger partial charge in [-0.2, -0.15) is 0 Å². The summed E-state index contributed by atoms with van der Waals surface area (Å²) >= 11 is 0. The standard InChI is InChI=1S/C19H24O2/c1-3-5-6-7-12-21-18-11-10-15-13-17(19(20)4-2)9-8-16(15)14-18/h4,8-11,13-14,19-20H,2-3,5-7,12H2,1H3. The minimum atomic E-state index is -0.608. The predicted octanol–water partition coefficient (Wildman–Crippen LogP) is 5.02. The number of aliphatic hydroxyl groups is 1. The first-order valence-electron chi connectivity index (χ1n) is 7.71. The van der Waals surface area contributed by atoms with Gasteiger partial charge in [-0.3, -0.25) is 0 Å². The maximum absolute atomic E-state index is 9.79. The summed E-state index contributed by atoms with van der Waals surface area (Å²) in [5, 5.41) is 12.0. The van der Waals surface area contributed by atoms with E-state index in [0.717, 1.165) is 35.1 Å². The fraction of sp³-hybridized carbons (Fsp3) is 0.368. The third kappa shape index (κ3) is 4.33. The quantitative estimate of drug-likeness (QED) is 0.545. The molecule has 21 heavy (non-hydrogen) atoms. The molecular weight excluding hydrogens is 260 g/mol. The van der Waals surface area contributed by atoms with Crippen molar-refractivity contribution in [2.45, 2.75) is 38.7 Å². The Morgan fingerprint density at radius 2 is 1.86 bits per heavy atom. The summed E-state index contributed by atoms with van der Waals surface area (Å²) in [4.78, 5) is 0. The number of ether oxygens (including phenoxy) is 1. The van der Waals surface area contributed by atoms with E-state index in [1.807, 2.05) is 30.3 Å². The zero-order valence-electron chi connectivity index (χ0n) is 12.7. The van der Waals surface area contributed by atoms with Gasteiger partial charge in [-0.25, -0.2) is 0 Å². The minimum absolute atomic E-state index is 0.608. The van der Waals surface area contributed by atoms with Crippen LogP contribution < -0.4 is 4.74 Å². The van der Waals surface area contributed by atoms with Crippen molar-refractivity contribution in [3.05, 3.63) is 54.6 Å². The minimum Gasteiger partial charge on any atom is -0.494 e. The van der Waals surface area contributed by atoms with E-state index in [9.17, 15) is 5.11 Å².